The van der Waals surface area contributed by atoms with Crippen LogP contribution in [0.3, 0.4) is 0 Å². The van der Waals surface area contributed by atoms with E-state index < -0.39 is 42.2 Å². The van der Waals surface area contributed by atoms with Crippen LogP contribution in [0.15, 0.2) is 24.4 Å². The summed E-state index contributed by atoms with van der Waals surface area (Å²) < 4.78 is 43.3. The van der Waals surface area contributed by atoms with E-state index in [2.05, 4.69) is 9.97 Å². The van der Waals surface area contributed by atoms with Crippen molar-refractivity contribution in [1.82, 2.24) is 20.2 Å². The van der Waals surface area contributed by atoms with Crippen LogP contribution in [0.1, 0.15) is 27.2 Å². The number of ether oxygens (including phenoxy) is 1. The van der Waals surface area contributed by atoms with Crippen LogP contribution in [0.2, 0.25) is 0 Å². The SMILES string of the molecule is COc1ccc2nccc(N3CCC(N(C(=O)O)C(CNC(=O)C(F)(F)F)C(C)(C)C)C3)c2n1. The maximum absolute atomic E-state index is 12.7. The number of fused-ring (bicyclic) bond motifs is 1. The number of nitrogens with one attached hydrogen (secondary N) is 1. The van der Waals surface area contributed by atoms with Crippen molar-refractivity contribution in [3.63, 3.8) is 0 Å². The Morgan fingerprint density at radius 2 is 2.00 bits per heavy atom. The first-order valence-corrected chi connectivity index (χ1v) is 10.7. The quantitative estimate of drug-likeness (QED) is 0.649. The maximum atomic E-state index is 12.7. The second-order valence-corrected chi connectivity index (χ2v) is 9.22. The number of aromatic nitrogens is 2. The zero-order chi connectivity index (χ0) is 25.3. The first-order chi connectivity index (χ1) is 15.8. The molecule has 1 aliphatic rings. The summed E-state index contributed by atoms with van der Waals surface area (Å²) in [6.07, 6.45) is -4.21. The minimum absolute atomic E-state index is 0.310. The molecule has 2 N–H and O–H groups in total. The molecule has 186 valence electrons. The largest absolute Gasteiger partial charge is 0.481 e. The third kappa shape index (κ3) is 5.42. The van der Waals surface area contributed by atoms with E-state index in [-0.39, 0.29) is 0 Å². The molecule has 2 atom stereocenters. The number of pyridine rings is 2. The summed E-state index contributed by atoms with van der Waals surface area (Å²) in [5.41, 5.74) is 1.28. The summed E-state index contributed by atoms with van der Waals surface area (Å²) in [7, 11) is 1.50. The van der Waals surface area contributed by atoms with Crippen LogP contribution < -0.4 is 15.0 Å². The zero-order valence-electron chi connectivity index (χ0n) is 19.4. The first-order valence-electron chi connectivity index (χ1n) is 10.7. The predicted molar refractivity (Wildman–Crippen MR) is 119 cm³/mol. The third-order valence-electron chi connectivity index (χ3n) is 5.91. The molecule has 2 aromatic heterocycles. The van der Waals surface area contributed by atoms with Gasteiger partial charge in [-0.3, -0.25) is 14.7 Å². The molecule has 2 unspecified atom stereocenters. The van der Waals surface area contributed by atoms with E-state index in [1.54, 1.807) is 45.2 Å². The monoisotopic (exact) mass is 483 g/mol. The number of carbonyl (C=O) groups is 2. The van der Waals surface area contributed by atoms with Crippen molar-refractivity contribution >= 4 is 28.7 Å². The van der Waals surface area contributed by atoms with E-state index in [4.69, 9.17) is 4.74 Å². The molecule has 3 heterocycles. The molecule has 0 saturated carbocycles. The summed E-state index contributed by atoms with van der Waals surface area (Å²) in [5, 5.41) is 11.9. The number of nitrogens with zero attached hydrogens (tertiary/aromatic N) is 4. The highest BCUT2D eigenvalue weighted by atomic mass is 19.4. The van der Waals surface area contributed by atoms with Gasteiger partial charge in [0.05, 0.1) is 30.4 Å². The van der Waals surface area contributed by atoms with Gasteiger partial charge in [0.2, 0.25) is 5.88 Å². The Kier molecular flexibility index (Phi) is 7.08. The van der Waals surface area contributed by atoms with Crippen LogP contribution in [0, 0.1) is 5.41 Å². The Labute approximate surface area is 194 Å². The molecule has 2 aromatic rings. The molecule has 0 aromatic carbocycles. The van der Waals surface area contributed by atoms with Crippen LogP contribution >= 0.6 is 0 Å². The van der Waals surface area contributed by atoms with Crippen LogP contribution in [0.4, 0.5) is 23.7 Å². The maximum Gasteiger partial charge on any atom is 0.471 e. The second-order valence-electron chi connectivity index (χ2n) is 9.22. The highest BCUT2D eigenvalue weighted by Crippen LogP contribution is 2.33. The first kappa shape index (κ1) is 25.3. The van der Waals surface area contributed by atoms with E-state index in [9.17, 15) is 27.9 Å². The Balaban J connectivity index is 1.86. The molecule has 9 nitrogen and oxygen atoms in total. The lowest BCUT2D eigenvalue weighted by atomic mass is 9.84. The van der Waals surface area contributed by atoms with Gasteiger partial charge in [0.1, 0.15) is 5.52 Å². The Bertz CT molecular complexity index is 1060. The number of amides is 2. The van der Waals surface area contributed by atoms with E-state index in [1.807, 2.05) is 10.2 Å². The number of carbonyl (C=O) groups excluding carboxylic acids is 1. The fourth-order valence-corrected chi connectivity index (χ4v) is 4.21. The van der Waals surface area contributed by atoms with Crippen LogP contribution in [-0.4, -0.2) is 77.0 Å². The van der Waals surface area contributed by atoms with E-state index in [1.165, 1.54) is 12.0 Å². The summed E-state index contributed by atoms with van der Waals surface area (Å²) in [6, 6.07) is 3.88. The van der Waals surface area contributed by atoms with Gasteiger partial charge in [0.15, 0.2) is 0 Å². The smallest absolute Gasteiger partial charge is 0.471 e. The summed E-state index contributed by atoms with van der Waals surface area (Å²) >= 11 is 0. The number of rotatable bonds is 6. The number of anilines is 1. The van der Waals surface area contributed by atoms with Crippen molar-refractivity contribution in [2.45, 2.75) is 45.5 Å². The molecule has 3 rings (SSSR count). The molecule has 0 spiro atoms. The van der Waals surface area contributed by atoms with Crippen molar-refractivity contribution in [3.8, 4) is 5.88 Å². The molecule has 12 heteroatoms. The number of hydrogen-bond acceptors (Lipinski definition) is 6. The number of hydrogen-bond donors (Lipinski definition) is 2. The van der Waals surface area contributed by atoms with Crippen molar-refractivity contribution < 1.29 is 32.6 Å². The molecule has 1 fully saturated rings. The van der Waals surface area contributed by atoms with Crippen LogP contribution in [0.25, 0.3) is 11.0 Å². The molecule has 34 heavy (non-hydrogen) atoms. The van der Waals surface area contributed by atoms with E-state index in [0.29, 0.717) is 36.4 Å². The Morgan fingerprint density at radius 3 is 2.59 bits per heavy atom. The summed E-state index contributed by atoms with van der Waals surface area (Å²) in [6.45, 7) is 5.55. The summed E-state index contributed by atoms with van der Waals surface area (Å²) in [5.74, 6) is -1.68. The lowest BCUT2D eigenvalue weighted by Crippen LogP contribution is -2.58. The predicted octanol–water partition coefficient (Wildman–Crippen LogP) is 3.29. The minimum atomic E-state index is -5.04. The molecular formula is C22H28F3N5O4. The number of methoxy groups -OCH3 is 1. The van der Waals surface area contributed by atoms with Crippen molar-refractivity contribution in [2.75, 3.05) is 31.6 Å². The molecule has 2 amide bonds. The van der Waals surface area contributed by atoms with Crippen LogP contribution in [-0.2, 0) is 4.79 Å². The van der Waals surface area contributed by atoms with Gasteiger partial charge in [-0.2, -0.15) is 13.2 Å². The highest BCUT2D eigenvalue weighted by Gasteiger charge is 2.43. The Hall–Kier alpha value is -3.31. The number of carboxylic acid groups (broad SMARTS) is 1. The minimum Gasteiger partial charge on any atom is -0.481 e. The van der Waals surface area contributed by atoms with Gasteiger partial charge in [-0.15, -0.1) is 0 Å². The molecule has 0 aliphatic carbocycles. The van der Waals surface area contributed by atoms with Gasteiger partial charge < -0.3 is 20.1 Å². The van der Waals surface area contributed by atoms with Gasteiger partial charge in [-0.1, -0.05) is 20.8 Å². The number of halogens is 3. The van der Waals surface area contributed by atoms with E-state index >= 15 is 0 Å². The lowest BCUT2D eigenvalue weighted by molar-refractivity contribution is -0.174. The van der Waals surface area contributed by atoms with Gasteiger partial charge in [-0.25, -0.2) is 9.78 Å². The van der Waals surface area contributed by atoms with Gasteiger partial charge >= 0.3 is 18.2 Å². The average Bonchev–Trinajstić information content (AvgIpc) is 3.22. The van der Waals surface area contributed by atoms with Gasteiger partial charge in [0.25, 0.3) is 0 Å². The van der Waals surface area contributed by atoms with Crippen molar-refractivity contribution in [2.24, 2.45) is 5.41 Å². The number of alkyl halides is 3. The van der Waals surface area contributed by atoms with Gasteiger partial charge in [0, 0.05) is 31.9 Å². The normalized spacial score (nSPS) is 17.5. The zero-order valence-corrected chi connectivity index (χ0v) is 19.4. The second kappa shape index (κ2) is 9.51. The van der Waals surface area contributed by atoms with E-state index in [0.717, 1.165) is 5.69 Å². The third-order valence-corrected chi connectivity index (χ3v) is 5.91. The highest BCUT2D eigenvalue weighted by molar-refractivity contribution is 5.88. The molecule has 1 saturated heterocycles. The summed E-state index contributed by atoms with van der Waals surface area (Å²) in [4.78, 5) is 35.6. The van der Waals surface area contributed by atoms with Gasteiger partial charge in [-0.05, 0) is 24.0 Å². The average molecular weight is 483 g/mol. The fraction of sp³-hybridized carbons (Fsp3) is 0.545. The van der Waals surface area contributed by atoms with Crippen molar-refractivity contribution in [1.29, 1.82) is 0 Å². The topological polar surface area (TPSA) is 108 Å². The molecule has 0 bridgehead atoms. The molecular weight excluding hydrogens is 455 g/mol. The van der Waals surface area contributed by atoms with Crippen LogP contribution in [0.5, 0.6) is 5.88 Å². The molecule has 1 aliphatic heterocycles. The van der Waals surface area contributed by atoms with Crippen molar-refractivity contribution in [3.05, 3.63) is 24.4 Å². The standard InChI is InChI=1S/C22H28F3N5O4/c1-21(2,3)16(11-27-19(31)22(23,24)25)30(20(32)33)13-8-10-29(12-13)15-7-9-26-14-5-6-17(34-4)28-18(14)15/h5-7,9,13,16H,8,10-12H2,1-4H3,(H,27,31)(H,32,33). The molecule has 0 radical (unpaired) electrons. The Morgan fingerprint density at radius 1 is 1.29 bits per heavy atom. The fourth-order valence-electron chi connectivity index (χ4n) is 4.21. The lowest BCUT2D eigenvalue weighted by Gasteiger charge is -2.41.